The van der Waals surface area contributed by atoms with Crippen LogP contribution in [0.25, 0.3) is 5.53 Å². The number of ether oxygens (including phenoxy) is 1. The summed E-state index contributed by atoms with van der Waals surface area (Å²) in [4.78, 5) is 15.3. The Morgan fingerprint density at radius 1 is 1.12 bits per heavy atom. The zero-order valence-corrected chi connectivity index (χ0v) is 16.7. The highest BCUT2D eigenvalue weighted by Crippen LogP contribution is 2.14. The molecule has 0 aromatic heterocycles. The standard InChI is InChI=1S/C20H36N4O2/c1-20(2,3)26-19(25)24-23-18-14-12-10-8-6-4-5-7-9-11-13-17(22-21)15-16-18/h11,13,18,23H,4-10,12,14-16H2,1-3H3,(H,24,25). The molecule has 1 unspecified atom stereocenters. The molecule has 0 aromatic rings. The zero-order valence-electron chi connectivity index (χ0n) is 16.7. The van der Waals surface area contributed by atoms with E-state index in [-0.39, 0.29) is 6.04 Å². The van der Waals surface area contributed by atoms with Gasteiger partial charge in [0.25, 0.3) is 5.71 Å². The van der Waals surface area contributed by atoms with Crippen LogP contribution in [0, 0.1) is 0 Å². The van der Waals surface area contributed by atoms with Crippen LogP contribution in [0.2, 0.25) is 0 Å². The molecule has 2 N–H and O–H groups in total. The molecule has 1 aliphatic rings. The molecule has 6 nitrogen and oxygen atoms in total. The van der Waals surface area contributed by atoms with Crippen molar-refractivity contribution in [1.29, 1.82) is 0 Å². The van der Waals surface area contributed by atoms with E-state index < -0.39 is 11.7 Å². The normalized spacial score (nSPS) is 21.2. The van der Waals surface area contributed by atoms with Crippen LogP contribution in [0.15, 0.2) is 12.2 Å². The minimum absolute atomic E-state index is 0.123. The van der Waals surface area contributed by atoms with E-state index in [4.69, 9.17) is 4.74 Å². The molecule has 1 amide bonds. The Hall–Kier alpha value is -1.65. The van der Waals surface area contributed by atoms with Gasteiger partial charge in [0, 0.05) is 12.1 Å². The number of hydrogen-bond donors (Lipinski definition) is 2. The van der Waals surface area contributed by atoms with Crippen molar-refractivity contribution in [2.45, 2.75) is 103 Å². The van der Waals surface area contributed by atoms with Crippen molar-refractivity contribution in [1.82, 2.24) is 10.9 Å². The van der Waals surface area contributed by atoms with Gasteiger partial charge in [-0.05, 0) is 46.5 Å². The number of nitrogens with zero attached hydrogens (tertiary/aromatic N) is 2. The van der Waals surface area contributed by atoms with Crippen LogP contribution < -0.4 is 10.9 Å². The van der Waals surface area contributed by atoms with Gasteiger partial charge in [-0.25, -0.2) is 10.2 Å². The SMILES string of the molecule is CC(C)(C)OC(=O)NNC1CCCCCCCCCC=CC(=[N+]=[N-])CC1. The third kappa shape index (κ3) is 11.8. The quantitative estimate of drug-likeness (QED) is 0.414. The summed E-state index contributed by atoms with van der Waals surface area (Å²) < 4.78 is 5.27. The van der Waals surface area contributed by atoms with Gasteiger partial charge < -0.3 is 10.3 Å². The van der Waals surface area contributed by atoms with E-state index in [1.807, 2.05) is 26.8 Å². The van der Waals surface area contributed by atoms with E-state index in [2.05, 4.69) is 21.7 Å². The largest absolute Gasteiger partial charge is 0.443 e. The Balaban J connectivity index is 2.57. The number of carbonyl (C=O) groups excluding carboxylic acids is 1. The fourth-order valence-corrected chi connectivity index (χ4v) is 3.00. The number of hydrogen-bond acceptors (Lipinski definition) is 3. The van der Waals surface area contributed by atoms with Gasteiger partial charge in [0.1, 0.15) is 5.60 Å². The first-order valence-corrected chi connectivity index (χ1v) is 10.0. The van der Waals surface area contributed by atoms with Crippen molar-refractivity contribution in [3.63, 3.8) is 0 Å². The molecule has 26 heavy (non-hydrogen) atoms. The molecule has 0 spiro atoms. The van der Waals surface area contributed by atoms with Gasteiger partial charge in [0.15, 0.2) is 0 Å². The summed E-state index contributed by atoms with van der Waals surface area (Å²) in [5.74, 6) is 0. The molecule has 0 heterocycles. The lowest BCUT2D eigenvalue weighted by Gasteiger charge is -2.22. The smallest absolute Gasteiger partial charge is 0.422 e. The van der Waals surface area contributed by atoms with E-state index in [9.17, 15) is 10.3 Å². The first kappa shape index (κ1) is 22.4. The molecule has 0 saturated carbocycles. The summed E-state index contributed by atoms with van der Waals surface area (Å²) in [6.45, 7) is 5.52. The number of nitrogens with one attached hydrogen (secondary N) is 2. The molecule has 0 aromatic carbocycles. The van der Waals surface area contributed by atoms with Crippen LogP contribution in [0.5, 0.6) is 0 Å². The number of allylic oxidation sites excluding steroid dienone is 2. The van der Waals surface area contributed by atoms with Crippen molar-refractivity contribution in [2.75, 3.05) is 0 Å². The predicted octanol–water partition coefficient (Wildman–Crippen LogP) is 4.92. The Kier molecular flexibility index (Phi) is 10.9. The lowest BCUT2D eigenvalue weighted by molar-refractivity contribution is -0.00666. The van der Waals surface area contributed by atoms with Gasteiger partial charge in [0.2, 0.25) is 0 Å². The maximum Gasteiger partial charge on any atom is 0.422 e. The van der Waals surface area contributed by atoms with Gasteiger partial charge >= 0.3 is 6.09 Å². The second-order valence-corrected chi connectivity index (χ2v) is 8.05. The van der Waals surface area contributed by atoms with Crippen molar-refractivity contribution < 1.29 is 14.3 Å². The fraction of sp³-hybridized carbons (Fsp3) is 0.800. The zero-order chi connectivity index (χ0) is 19.3. The Bertz CT molecular complexity index is 491. The molecule has 0 bridgehead atoms. The minimum atomic E-state index is -0.519. The summed E-state index contributed by atoms with van der Waals surface area (Å²) >= 11 is 0. The Morgan fingerprint density at radius 2 is 1.77 bits per heavy atom. The van der Waals surface area contributed by atoms with E-state index in [0.29, 0.717) is 12.1 Å². The third-order valence-corrected chi connectivity index (χ3v) is 4.39. The van der Waals surface area contributed by atoms with Crippen LogP contribution >= 0.6 is 0 Å². The van der Waals surface area contributed by atoms with Crippen LogP contribution in [0.3, 0.4) is 0 Å². The predicted molar refractivity (Wildman–Crippen MR) is 105 cm³/mol. The average Bonchev–Trinajstić information content (AvgIpc) is 2.57. The van der Waals surface area contributed by atoms with Gasteiger partial charge in [-0.1, -0.05) is 44.6 Å². The molecule has 1 aliphatic carbocycles. The average molecular weight is 365 g/mol. The summed E-state index contributed by atoms with van der Waals surface area (Å²) in [6.07, 6.45) is 15.6. The van der Waals surface area contributed by atoms with E-state index in [0.717, 1.165) is 25.7 Å². The van der Waals surface area contributed by atoms with Crippen molar-refractivity contribution in [3.8, 4) is 0 Å². The van der Waals surface area contributed by atoms with E-state index >= 15 is 0 Å². The van der Waals surface area contributed by atoms with Gasteiger partial charge in [-0.3, -0.25) is 5.43 Å². The molecule has 0 fully saturated rings. The maximum absolute atomic E-state index is 11.9. The second-order valence-electron chi connectivity index (χ2n) is 8.05. The molecule has 148 valence electrons. The minimum Gasteiger partial charge on any atom is -0.443 e. The van der Waals surface area contributed by atoms with Crippen LogP contribution in [-0.2, 0) is 4.74 Å². The summed E-state index contributed by atoms with van der Waals surface area (Å²) in [5.41, 5.74) is 15.1. The molecule has 6 heteroatoms. The summed E-state index contributed by atoms with van der Waals surface area (Å²) in [7, 11) is 0. The Labute approximate surface area is 158 Å². The Morgan fingerprint density at radius 3 is 2.42 bits per heavy atom. The molecule has 0 radical (unpaired) electrons. The summed E-state index contributed by atoms with van der Waals surface area (Å²) in [6, 6.07) is 0.123. The summed E-state index contributed by atoms with van der Waals surface area (Å²) in [5, 5.41) is 0. The monoisotopic (exact) mass is 364 g/mol. The highest BCUT2D eigenvalue weighted by molar-refractivity contribution is 5.90. The molecule has 0 aliphatic heterocycles. The molecular formula is C20H36N4O2. The van der Waals surface area contributed by atoms with E-state index in [1.165, 1.54) is 38.5 Å². The third-order valence-electron chi connectivity index (χ3n) is 4.39. The number of hydrazine groups is 1. The molecule has 0 saturated heterocycles. The fourth-order valence-electron chi connectivity index (χ4n) is 3.00. The van der Waals surface area contributed by atoms with E-state index in [1.54, 1.807) is 0 Å². The molecule has 1 rings (SSSR count). The highest BCUT2D eigenvalue weighted by Gasteiger charge is 2.18. The first-order chi connectivity index (χ1) is 12.4. The molecular weight excluding hydrogens is 328 g/mol. The number of carbonyl (C=O) groups is 1. The lowest BCUT2D eigenvalue weighted by atomic mass is 10.0. The number of rotatable bonds is 2. The maximum atomic E-state index is 11.9. The van der Waals surface area contributed by atoms with Gasteiger partial charge in [-0.15, -0.1) is 0 Å². The second kappa shape index (κ2) is 12.7. The van der Waals surface area contributed by atoms with Crippen LogP contribution in [0.1, 0.15) is 91.4 Å². The molecule has 1 atom stereocenters. The highest BCUT2D eigenvalue weighted by atomic mass is 16.6. The van der Waals surface area contributed by atoms with Crippen molar-refractivity contribution >= 4 is 11.8 Å². The number of amides is 1. The van der Waals surface area contributed by atoms with Crippen LogP contribution in [-0.4, -0.2) is 28.2 Å². The van der Waals surface area contributed by atoms with Crippen molar-refractivity contribution in [3.05, 3.63) is 17.7 Å². The topological polar surface area (TPSA) is 86.8 Å². The van der Waals surface area contributed by atoms with Crippen LogP contribution in [0.4, 0.5) is 4.79 Å². The first-order valence-electron chi connectivity index (χ1n) is 10.0. The van der Waals surface area contributed by atoms with Gasteiger partial charge in [-0.2, -0.15) is 4.79 Å². The lowest BCUT2D eigenvalue weighted by Crippen LogP contribution is -2.46. The van der Waals surface area contributed by atoms with Crippen molar-refractivity contribution in [2.24, 2.45) is 0 Å². The van der Waals surface area contributed by atoms with Gasteiger partial charge in [0.05, 0.1) is 6.42 Å².